The molecule has 1 aromatic rings. The van der Waals surface area contributed by atoms with Crippen LogP contribution in [-0.2, 0) is 4.79 Å². The standard InChI is InChI=1S/C13H18N2O2S/c1-8(2)15-13(17)7-18-10-4-5-11(9(3)16)12(14)6-10/h4-6,8H,7,14H2,1-3H3,(H,15,17). The number of nitrogens with two attached hydrogens (primary N) is 1. The molecule has 0 atom stereocenters. The smallest absolute Gasteiger partial charge is 0.230 e. The van der Waals surface area contributed by atoms with Gasteiger partial charge in [0.1, 0.15) is 0 Å². The molecule has 4 nitrogen and oxygen atoms in total. The summed E-state index contributed by atoms with van der Waals surface area (Å²) in [5.41, 5.74) is 6.75. The molecular weight excluding hydrogens is 248 g/mol. The largest absolute Gasteiger partial charge is 0.398 e. The molecule has 0 aliphatic carbocycles. The number of amides is 1. The Bertz CT molecular complexity index is 458. The van der Waals surface area contributed by atoms with Crippen molar-refractivity contribution >= 4 is 29.1 Å². The second kappa shape index (κ2) is 6.44. The van der Waals surface area contributed by atoms with E-state index in [0.717, 1.165) is 4.90 Å². The third kappa shape index (κ3) is 4.41. The lowest BCUT2D eigenvalue weighted by Gasteiger charge is -2.09. The maximum absolute atomic E-state index is 11.5. The Labute approximate surface area is 111 Å². The number of benzene rings is 1. The summed E-state index contributed by atoms with van der Waals surface area (Å²) in [5, 5.41) is 2.81. The van der Waals surface area contributed by atoms with Crippen LogP contribution in [0.1, 0.15) is 31.1 Å². The average Bonchev–Trinajstić information content (AvgIpc) is 2.25. The summed E-state index contributed by atoms with van der Waals surface area (Å²) in [6, 6.07) is 5.37. The summed E-state index contributed by atoms with van der Waals surface area (Å²) in [6.07, 6.45) is 0. The summed E-state index contributed by atoms with van der Waals surface area (Å²) in [6.45, 7) is 5.32. The van der Waals surface area contributed by atoms with Crippen molar-refractivity contribution in [2.24, 2.45) is 0 Å². The molecule has 18 heavy (non-hydrogen) atoms. The van der Waals surface area contributed by atoms with Gasteiger partial charge in [0, 0.05) is 22.2 Å². The fourth-order valence-electron chi connectivity index (χ4n) is 1.46. The van der Waals surface area contributed by atoms with Gasteiger partial charge in [-0.05, 0) is 39.0 Å². The Morgan fingerprint density at radius 1 is 1.39 bits per heavy atom. The van der Waals surface area contributed by atoms with Crippen molar-refractivity contribution in [2.75, 3.05) is 11.5 Å². The predicted octanol–water partition coefficient (Wildman–Crippen LogP) is 2.09. The van der Waals surface area contributed by atoms with Crippen molar-refractivity contribution in [1.82, 2.24) is 5.32 Å². The van der Waals surface area contributed by atoms with Gasteiger partial charge in [-0.3, -0.25) is 9.59 Å². The zero-order valence-corrected chi connectivity index (χ0v) is 11.6. The van der Waals surface area contributed by atoms with Gasteiger partial charge in [0.25, 0.3) is 0 Å². The molecule has 0 unspecified atom stereocenters. The fraction of sp³-hybridized carbons (Fsp3) is 0.385. The van der Waals surface area contributed by atoms with Gasteiger partial charge in [0.2, 0.25) is 5.91 Å². The zero-order valence-electron chi connectivity index (χ0n) is 10.8. The van der Waals surface area contributed by atoms with E-state index < -0.39 is 0 Å². The highest BCUT2D eigenvalue weighted by molar-refractivity contribution is 8.00. The van der Waals surface area contributed by atoms with Gasteiger partial charge in [0.05, 0.1) is 5.75 Å². The lowest BCUT2D eigenvalue weighted by molar-refractivity contribution is -0.119. The first-order valence-corrected chi connectivity index (χ1v) is 6.71. The molecule has 5 heteroatoms. The third-order valence-electron chi connectivity index (χ3n) is 2.22. The Morgan fingerprint density at radius 2 is 2.06 bits per heavy atom. The van der Waals surface area contributed by atoms with Crippen LogP contribution >= 0.6 is 11.8 Å². The Balaban J connectivity index is 2.61. The number of Topliss-reactive ketones (excluding diaryl/α,β-unsaturated/α-hetero) is 1. The van der Waals surface area contributed by atoms with Crippen LogP contribution in [0.3, 0.4) is 0 Å². The van der Waals surface area contributed by atoms with Crippen LogP contribution < -0.4 is 11.1 Å². The van der Waals surface area contributed by atoms with Gasteiger partial charge in [-0.2, -0.15) is 0 Å². The molecule has 1 rings (SSSR count). The van der Waals surface area contributed by atoms with Gasteiger partial charge in [-0.1, -0.05) is 0 Å². The molecule has 0 bridgehead atoms. The van der Waals surface area contributed by atoms with Crippen molar-refractivity contribution in [3.63, 3.8) is 0 Å². The van der Waals surface area contributed by atoms with Crippen molar-refractivity contribution < 1.29 is 9.59 Å². The number of nitrogens with one attached hydrogen (secondary N) is 1. The molecule has 1 amide bonds. The first-order chi connectivity index (χ1) is 8.40. The molecule has 0 aliphatic rings. The van der Waals surface area contributed by atoms with Crippen molar-refractivity contribution in [2.45, 2.75) is 31.7 Å². The maximum atomic E-state index is 11.5. The SMILES string of the molecule is CC(=O)c1ccc(SCC(=O)NC(C)C)cc1N. The number of carbonyl (C=O) groups is 2. The van der Waals surface area contributed by atoms with Crippen LogP contribution in [-0.4, -0.2) is 23.5 Å². The van der Waals surface area contributed by atoms with E-state index in [2.05, 4.69) is 5.32 Å². The number of ketones is 1. The van der Waals surface area contributed by atoms with Crippen molar-refractivity contribution in [1.29, 1.82) is 0 Å². The highest BCUT2D eigenvalue weighted by atomic mass is 32.2. The van der Waals surface area contributed by atoms with E-state index in [-0.39, 0.29) is 17.7 Å². The maximum Gasteiger partial charge on any atom is 0.230 e. The number of rotatable bonds is 5. The number of hydrogen-bond donors (Lipinski definition) is 2. The van der Waals surface area contributed by atoms with Gasteiger partial charge in [-0.15, -0.1) is 11.8 Å². The summed E-state index contributed by atoms with van der Waals surface area (Å²) in [5.74, 6) is 0.280. The lowest BCUT2D eigenvalue weighted by atomic mass is 10.1. The topological polar surface area (TPSA) is 72.2 Å². The van der Waals surface area contributed by atoms with E-state index in [0.29, 0.717) is 17.0 Å². The number of anilines is 1. The van der Waals surface area contributed by atoms with E-state index >= 15 is 0 Å². The second-order valence-electron chi connectivity index (χ2n) is 4.32. The molecule has 0 aliphatic heterocycles. The normalized spacial score (nSPS) is 10.4. The fourth-order valence-corrected chi connectivity index (χ4v) is 2.22. The van der Waals surface area contributed by atoms with E-state index in [1.807, 2.05) is 13.8 Å². The highest BCUT2D eigenvalue weighted by Gasteiger charge is 2.08. The monoisotopic (exact) mass is 266 g/mol. The Hall–Kier alpha value is -1.49. The molecule has 0 saturated heterocycles. The molecule has 3 N–H and O–H groups in total. The van der Waals surface area contributed by atoms with Gasteiger partial charge in [-0.25, -0.2) is 0 Å². The first-order valence-electron chi connectivity index (χ1n) is 5.72. The number of hydrogen-bond acceptors (Lipinski definition) is 4. The predicted molar refractivity (Wildman–Crippen MR) is 74.9 cm³/mol. The second-order valence-corrected chi connectivity index (χ2v) is 5.36. The molecule has 0 fully saturated rings. The average molecular weight is 266 g/mol. The number of carbonyl (C=O) groups excluding carboxylic acids is 2. The van der Waals surface area contributed by atoms with Crippen LogP contribution in [0.15, 0.2) is 23.1 Å². The summed E-state index contributed by atoms with van der Waals surface area (Å²) in [4.78, 5) is 23.6. The van der Waals surface area contributed by atoms with Gasteiger partial charge < -0.3 is 11.1 Å². The van der Waals surface area contributed by atoms with Crippen LogP contribution in [0.5, 0.6) is 0 Å². The Kier molecular flexibility index (Phi) is 5.22. The molecule has 0 aromatic heterocycles. The van der Waals surface area contributed by atoms with Crippen LogP contribution in [0.4, 0.5) is 5.69 Å². The molecule has 0 saturated carbocycles. The molecule has 0 spiro atoms. The van der Waals surface area contributed by atoms with E-state index in [1.54, 1.807) is 18.2 Å². The van der Waals surface area contributed by atoms with E-state index in [1.165, 1.54) is 18.7 Å². The molecule has 98 valence electrons. The van der Waals surface area contributed by atoms with E-state index in [9.17, 15) is 9.59 Å². The third-order valence-corrected chi connectivity index (χ3v) is 3.22. The van der Waals surface area contributed by atoms with Crippen LogP contribution in [0.25, 0.3) is 0 Å². The minimum atomic E-state index is -0.0541. The molecule has 0 heterocycles. The van der Waals surface area contributed by atoms with Crippen LogP contribution in [0.2, 0.25) is 0 Å². The first kappa shape index (κ1) is 14.6. The zero-order chi connectivity index (χ0) is 13.7. The minimum absolute atomic E-state index is 0.00999. The number of thioether (sulfide) groups is 1. The van der Waals surface area contributed by atoms with Crippen molar-refractivity contribution in [3.8, 4) is 0 Å². The van der Waals surface area contributed by atoms with Gasteiger partial charge >= 0.3 is 0 Å². The van der Waals surface area contributed by atoms with Crippen molar-refractivity contribution in [3.05, 3.63) is 23.8 Å². The molecular formula is C13H18N2O2S. The summed E-state index contributed by atoms with van der Waals surface area (Å²) >= 11 is 1.40. The number of nitrogen functional groups attached to an aromatic ring is 1. The minimum Gasteiger partial charge on any atom is -0.398 e. The summed E-state index contributed by atoms with van der Waals surface area (Å²) < 4.78 is 0. The molecule has 1 aromatic carbocycles. The van der Waals surface area contributed by atoms with Crippen LogP contribution in [0, 0.1) is 0 Å². The summed E-state index contributed by atoms with van der Waals surface area (Å²) in [7, 11) is 0. The molecule has 0 radical (unpaired) electrons. The Morgan fingerprint density at radius 3 is 2.56 bits per heavy atom. The lowest BCUT2D eigenvalue weighted by Crippen LogP contribution is -2.31. The quantitative estimate of drug-likeness (QED) is 0.486. The van der Waals surface area contributed by atoms with E-state index in [4.69, 9.17) is 5.73 Å². The highest BCUT2D eigenvalue weighted by Crippen LogP contribution is 2.23. The van der Waals surface area contributed by atoms with Gasteiger partial charge in [0.15, 0.2) is 5.78 Å².